The molecule has 0 saturated heterocycles. The van der Waals surface area contributed by atoms with Gasteiger partial charge in [0.2, 0.25) is 0 Å². The Balaban J connectivity index is 2.48. The van der Waals surface area contributed by atoms with E-state index in [1.165, 1.54) is 0 Å². The minimum absolute atomic E-state index is 0.0671. The lowest BCUT2D eigenvalue weighted by Crippen LogP contribution is -2.25. The second-order valence-corrected chi connectivity index (χ2v) is 5.61. The van der Waals surface area contributed by atoms with E-state index in [0.717, 1.165) is 5.56 Å². The molecule has 0 amide bonds. The Morgan fingerprint density at radius 2 is 2.00 bits per heavy atom. The molecule has 2 aromatic rings. The third kappa shape index (κ3) is 3.16. The summed E-state index contributed by atoms with van der Waals surface area (Å²) >= 11 is 9.16. The fraction of sp³-hybridized carbons (Fsp3) is 0.286. The normalized spacial score (nSPS) is 12.4. The summed E-state index contributed by atoms with van der Waals surface area (Å²) in [7, 11) is 0. The van der Waals surface area contributed by atoms with Gasteiger partial charge in [-0.25, -0.2) is 14.4 Å². The van der Waals surface area contributed by atoms with E-state index in [2.05, 4.69) is 31.2 Å². The molecule has 0 saturated carbocycles. The van der Waals surface area contributed by atoms with Crippen LogP contribution in [-0.4, -0.2) is 16.5 Å². The van der Waals surface area contributed by atoms with Crippen molar-refractivity contribution in [2.24, 2.45) is 0 Å². The topological polar surface area (TPSA) is 37.8 Å². The number of hydrogen-bond donors (Lipinski definition) is 1. The Hall–Kier alpha value is -1.04. The Morgan fingerprint density at radius 1 is 1.35 bits per heavy atom. The molecule has 0 spiro atoms. The van der Waals surface area contributed by atoms with Crippen LogP contribution in [-0.2, 0) is 0 Å². The second kappa shape index (κ2) is 6.61. The van der Waals surface area contributed by atoms with Gasteiger partial charge in [-0.05, 0) is 41.0 Å². The average Bonchev–Trinajstić information content (AvgIpc) is 2.44. The summed E-state index contributed by atoms with van der Waals surface area (Å²) in [5.41, 5.74) is 1.39. The van der Waals surface area contributed by atoms with Gasteiger partial charge in [0.15, 0.2) is 0 Å². The van der Waals surface area contributed by atoms with Gasteiger partial charge in [-0.1, -0.05) is 24.6 Å². The molecule has 106 valence electrons. The summed E-state index contributed by atoms with van der Waals surface area (Å²) < 4.78 is 14.9. The number of benzene rings is 1. The molecule has 1 aromatic carbocycles. The third-order valence-corrected chi connectivity index (χ3v) is 4.10. The number of rotatable bonds is 4. The van der Waals surface area contributed by atoms with Crippen LogP contribution in [0.4, 0.5) is 4.39 Å². The molecule has 1 heterocycles. The lowest BCUT2D eigenvalue weighted by Gasteiger charge is -2.18. The Labute approximate surface area is 130 Å². The summed E-state index contributed by atoms with van der Waals surface area (Å²) in [5.74, 6) is 0.0610. The van der Waals surface area contributed by atoms with E-state index in [9.17, 15) is 4.39 Å². The van der Waals surface area contributed by atoms with Crippen molar-refractivity contribution in [1.82, 2.24) is 15.3 Å². The highest BCUT2D eigenvalue weighted by Gasteiger charge is 2.22. The molecule has 0 radical (unpaired) electrons. The van der Waals surface area contributed by atoms with Gasteiger partial charge < -0.3 is 5.32 Å². The van der Waals surface area contributed by atoms with Gasteiger partial charge in [0.25, 0.3) is 0 Å². The van der Waals surface area contributed by atoms with Crippen molar-refractivity contribution < 1.29 is 4.39 Å². The lowest BCUT2D eigenvalue weighted by atomic mass is 10.1. The van der Waals surface area contributed by atoms with Crippen LogP contribution in [0.5, 0.6) is 0 Å². The van der Waals surface area contributed by atoms with Crippen LogP contribution in [0.3, 0.4) is 0 Å². The van der Waals surface area contributed by atoms with Crippen molar-refractivity contribution >= 4 is 27.5 Å². The first kappa shape index (κ1) is 15.4. The van der Waals surface area contributed by atoms with Crippen molar-refractivity contribution in [3.63, 3.8) is 0 Å². The summed E-state index contributed by atoms with van der Waals surface area (Å²) in [5, 5.41) is 3.25. The first-order valence-corrected chi connectivity index (χ1v) is 7.37. The zero-order valence-electron chi connectivity index (χ0n) is 11.1. The average molecular weight is 359 g/mol. The standard InChI is InChI=1S/C14H14BrClFN3/c1-3-18-13(14-19-6-8(2)7-20-14)9-4-5-10(15)11(16)12(9)17/h4-7,13,18H,3H2,1-2H3. The molecule has 6 heteroatoms. The van der Waals surface area contributed by atoms with Gasteiger partial charge in [0.1, 0.15) is 11.6 Å². The smallest absolute Gasteiger partial charge is 0.149 e. The largest absolute Gasteiger partial charge is 0.304 e. The molecule has 1 atom stereocenters. The maximum absolute atomic E-state index is 14.3. The number of hydrogen-bond acceptors (Lipinski definition) is 3. The van der Waals surface area contributed by atoms with Crippen LogP contribution in [0.2, 0.25) is 5.02 Å². The number of aromatic nitrogens is 2. The van der Waals surface area contributed by atoms with E-state index in [-0.39, 0.29) is 5.02 Å². The van der Waals surface area contributed by atoms with E-state index in [1.54, 1.807) is 24.5 Å². The zero-order valence-corrected chi connectivity index (χ0v) is 13.5. The van der Waals surface area contributed by atoms with Gasteiger partial charge >= 0.3 is 0 Å². The van der Waals surface area contributed by atoms with E-state index in [4.69, 9.17) is 11.6 Å². The SMILES string of the molecule is CCNC(c1ncc(C)cn1)c1ccc(Br)c(Cl)c1F. The van der Waals surface area contributed by atoms with Crippen molar-refractivity contribution in [2.75, 3.05) is 6.54 Å². The Bertz CT molecular complexity index is 604. The number of aryl methyl sites for hydroxylation is 1. The summed E-state index contributed by atoms with van der Waals surface area (Å²) in [6.07, 6.45) is 3.43. The monoisotopic (exact) mass is 357 g/mol. The molecule has 0 fully saturated rings. The molecule has 0 aliphatic carbocycles. The number of nitrogens with zero attached hydrogens (tertiary/aromatic N) is 2. The van der Waals surface area contributed by atoms with Gasteiger partial charge in [-0.2, -0.15) is 0 Å². The van der Waals surface area contributed by atoms with Crippen LogP contribution in [0.15, 0.2) is 29.0 Å². The predicted octanol–water partition coefficient (Wildman–Crippen LogP) is 4.04. The molecule has 0 aliphatic rings. The van der Waals surface area contributed by atoms with E-state index in [0.29, 0.717) is 22.4 Å². The van der Waals surface area contributed by atoms with Crippen molar-refractivity contribution in [2.45, 2.75) is 19.9 Å². The van der Waals surface area contributed by atoms with E-state index < -0.39 is 11.9 Å². The van der Waals surface area contributed by atoms with Crippen molar-refractivity contribution in [3.8, 4) is 0 Å². The molecule has 1 N–H and O–H groups in total. The highest BCUT2D eigenvalue weighted by Crippen LogP contribution is 2.31. The summed E-state index contributed by atoms with van der Waals surface area (Å²) in [6.45, 7) is 4.51. The molecule has 3 nitrogen and oxygen atoms in total. The first-order valence-electron chi connectivity index (χ1n) is 6.20. The number of nitrogens with one attached hydrogen (secondary N) is 1. The zero-order chi connectivity index (χ0) is 14.7. The van der Waals surface area contributed by atoms with Crippen LogP contribution < -0.4 is 5.32 Å². The number of halogens is 3. The van der Waals surface area contributed by atoms with Crippen LogP contribution in [0.25, 0.3) is 0 Å². The quantitative estimate of drug-likeness (QED) is 0.838. The van der Waals surface area contributed by atoms with Crippen LogP contribution in [0, 0.1) is 12.7 Å². The van der Waals surface area contributed by atoms with Crippen LogP contribution >= 0.6 is 27.5 Å². The molecular formula is C14H14BrClFN3. The minimum Gasteiger partial charge on any atom is -0.304 e. The molecule has 2 rings (SSSR count). The summed E-state index contributed by atoms with van der Waals surface area (Å²) in [6, 6.07) is 2.98. The maximum atomic E-state index is 14.3. The summed E-state index contributed by atoms with van der Waals surface area (Å²) in [4.78, 5) is 8.54. The first-order chi connectivity index (χ1) is 9.54. The van der Waals surface area contributed by atoms with E-state index >= 15 is 0 Å². The second-order valence-electron chi connectivity index (χ2n) is 4.37. The predicted molar refractivity (Wildman–Crippen MR) is 81.4 cm³/mol. The molecule has 20 heavy (non-hydrogen) atoms. The Morgan fingerprint density at radius 3 is 2.60 bits per heavy atom. The lowest BCUT2D eigenvalue weighted by molar-refractivity contribution is 0.542. The van der Waals surface area contributed by atoms with Crippen molar-refractivity contribution in [1.29, 1.82) is 0 Å². The fourth-order valence-corrected chi connectivity index (χ4v) is 2.34. The van der Waals surface area contributed by atoms with Gasteiger partial charge in [-0.3, -0.25) is 0 Å². The highest BCUT2D eigenvalue weighted by atomic mass is 79.9. The molecule has 1 aromatic heterocycles. The fourth-order valence-electron chi connectivity index (χ4n) is 1.86. The highest BCUT2D eigenvalue weighted by molar-refractivity contribution is 9.10. The molecular weight excluding hydrogens is 345 g/mol. The molecule has 0 bridgehead atoms. The maximum Gasteiger partial charge on any atom is 0.149 e. The molecule has 1 unspecified atom stereocenters. The third-order valence-electron chi connectivity index (χ3n) is 2.84. The van der Waals surface area contributed by atoms with Crippen LogP contribution in [0.1, 0.15) is 29.9 Å². The minimum atomic E-state index is -0.462. The van der Waals surface area contributed by atoms with Crippen molar-refractivity contribution in [3.05, 3.63) is 56.8 Å². The van der Waals surface area contributed by atoms with Gasteiger partial charge in [0.05, 0.1) is 11.1 Å². The van der Waals surface area contributed by atoms with Gasteiger partial charge in [0, 0.05) is 22.4 Å². The van der Waals surface area contributed by atoms with Gasteiger partial charge in [-0.15, -0.1) is 0 Å². The molecule has 0 aliphatic heterocycles. The Kier molecular flexibility index (Phi) is 5.07. The van der Waals surface area contributed by atoms with E-state index in [1.807, 2.05) is 13.8 Å².